The lowest BCUT2D eigenvalue weighted by Gasteiger charge is -2.45. The van der Waals surface area contributed by atoms with Crippen LogP contribution in [0, 0.1) is 0 Å². The number of fused-ring (bicyclic) bond motifs is 1. The molecule has 9 heteroatoms. The van der Waals surface area contributed by atoms with Crippen LogP contribution in [-0.4, -0.2) is 59.7 Å². The van der Waals surface area contributed by atoms with Gasteiger partial charge in [-0.2, -0.15) is 0 Å². The van der Waals surface area contributed by atoms with E-state index in [1.54, 1.807) is 4.90 Å². The van der Waals surface area contributed by atoms with Gasteiger partial charge < -0.3 is 25.0 Å². The van der Waals surface area contributed by atoms with E-state index in [0.29, 0.717) is 25.3 Å². The summed E-state index contributed by atoms with van der Waals surface area (Å²) < 4.78 is 33.4. The maximum absolute atomic E-state index is 13.8. The summed E-state index contributed by atoms with van der Waals surface area (Å²) in [6, 6.07) is 13.0. The average Bonchev–Trinajstić information content (AvgIpc) is 3.30. The van der Waals surface area contributed by atoms with Gasteiger partial charge in [0.15, 0.2) is 5.54 Å². The summed E-state index contributed by atoms with van der Waals surface area (Å²) in [7, 11) is 0. The molecule has 1 heterocycles. The molecule has 4 rings (SSSR count). The van der Waals surface area contributed by atoms with E-state index in [0.717, 1.165) is 49.2 Å². The third-order valence-corrected chi connectivity index (χ3v) is 7.91. The summed E-state index contributed by atoms with van der Waals surface area (Å²) in [4.78, 5) is 29.5. The van der Waals surface area contributed by atoms with Gasteiger partial charge in [-0.15, -0.1) is 0 Å². The van der Waals surface area contributed by atoms with E-state index in [4.69, 9.17) is 4.74 Å². The molecule has 1 saturated carbocycles. The predicted octanol–water partition coefficient (Wildman–Crippen LogP) is 5.82. The maximum Gasteiger partial charge on any atom is 0.329 e. The number of carboxylic acids is 1. The van der Waals surface area contributed by atoms with Crippen LogP contribution in [0.2, 0.25) is 0 Å². The molecule has 0 aromatic heterocycles. The SMILES string of the molecule is CCOc1cc(C(C)N(CCCCc2ccccc2)C(=O)NC2(C(=O)O)CC(F)(F)C2)c2c(c1)N(CC)CC2. The van der Waals surface area contributed by atoms with Gasteiger partial charge in [0.1, 0.15) is 5.75 Å². The molecule has 1 aliphatic carbocycles. The second kappa shape index (κ2) is 11.8. The number of unbranched alkanes of at least 4 members (excludes halogenated alkanes) is 1. The molecule has 0 radical (unpaired) electrons. The molecule has 0 saturated heterocycles. The van der Waals surface area contributed by atoms with Gasteiger partial charge in [-0.05, 0) is 69.2 Å². The van der Waals surface area contributed by atoms with Crippen molar-refractivity contribution in [2.45, 2.75) is 76.8 Å². The van der Waals surface area contributed by atoms with Gasteiger partial charge in [0.2, 0.25) is 0 Å². The van der Waals surface area contributed by atoms with Gasteiger partial charge in [-0.25, -0.2) is 18.4 Å². The standard InChI is InChI=1S/C30H39F2N3O4/c1-4-34-16-14-24-25(17-23(39-5-2)18-26(24)34)21(3)35(15-10-9-13-22-11-7-6-8-12-22)28(38)33-29(27(36)37)19-30(31,32)20-29/h6-8,11-12,17-18,21H,4-5,9-10,13-16,19-20H2,1-3H3,(H,33,38)(H,36,37). The van der Waals surface area contributed by atoms with Crippen molar-refractivity contribution in [3.05, 3.63) is 59.2 Å². The fourth-order valence-corrected chi connectivity index (χ4v) is 5.82. The minimum atomic E-state index is -3.10. The summed E-state index contributed by atoms with van der Waals surface area (Å²) >= 11 is 0. The van der Waals surface area contributed by atoms with E-state index < -0.39 is 42.3 Å². The van der Waals surface area contributed by atoms with E-state index >= 15 is 0 Å². The molecule has 1 aliphatic heterocycles. The van der Waals surface area contributed by atoms with Gasteiger partial charge >= 0.3 is 12.0 Å². The van der Waals surface area contributed by atoms with E-state index in [1.807, 2.05) is 44.2 Å². The number of carbonyl (C=O) groups excluding carboxylic acids is 1. The Kier molecular flexibility index (Phi) is 8.67. The molecule has 39 heavy (non-hydrogen) atoms. The smallest absolute Gasteiger partial charge is 0.329 e. The summed E-state index contributed by atoms with van der Waals surface area (Å²) in [6.45, 7) is 8.49. The number of carbonyl (C=O) groups is 2. The lowest BCUT2D eigenvalue weighted by Crippen LogP contribution is -2.68. The molecule has 0 spiro atoms. The van der Waals surface area contributed by atoms with Crippen LogP contribution in [0.1, 0.15) is 69.2 Å². The van der Waals surface area contributed by atoms with Gasteiger partial charge in [-0.3, -0.25) is 0 Å². The summed E-state index contributed by atoms with van der Waals surface area (Å²) in [5.41, 5.74) is 2.39. The van der Waals surface area contributed by atoms with E-state index in [2.05, 4.69) is 29.3 Å². The van der Waals surface area contributed by atoms with Crippen LogP contribution in [0.3, 0.4) is 0 Å². The number of alkyl halides is 2. The Bertz CT molecular complexity index is 1170. The normalized spacial score (nSPS) is 17.6. The van der Waals surface area contributed by atoms with E-state index in [1.165, 1.54) is 5.56 Å². The monoisotopic (exact) mass is 543 g/mol. The van der Waals surface area contributed by atoms with Crippen LogP contribution in [0.5, 0.6) is 5.75 Å². The number of hydrogen-bond acceptors (Lipinski definition) is 4. The summed E-state index contributed by atoms with van der Waals surface area (Å²) in [6.07, 6.45) is 1.36. The van der Waals surface area contributed by atoms with Crippen molar-refractivity contribution >= 4 is 17.7 Å². The number of nitrogens with one attached hydrogen (secondary N) is 1. The van der Waals surface area contributed by atoms with Gasteiger partial charge in [-0.1, -0.05) is 30.3 Å². The summed E-state index contributed by atoms with van der Waals surface area (Å²) in [5.74, 6) is -3.83. The minimum Gasteiger partial charge on any atom is -0.494 e. The van der Waals surface area contributed by atoms with E-state index in [9.17, 15) is 23.5 Å². The van der Waals surface area contributed by atoms with Crippen molar-refractivity contribution in [2.75, 3.05) is 31.1 Å². The van der Waals surface area contributed by atoms with Crippen LogP contribution in [0.4, 0.5) is 19.3 Å². The number of nitrogens with zero attached hydrogens (tertiary/aromatic N) is 2. The van der Waals surface area contributed by atoms with Gasteiger partial charge in [0.05, 0.1) is 12.6 Å². The number of likely N-dealkylation sites (N-methyl/N-ethyl adjacent to an activating group) is 1. The molecule has 2 N–H and O–H groups in total. The first-order valence-corrected chi connectivity index (χ1v) is 13.9. The number of benzene rings is 2. The van der Waals surface area contributed by atoms with Crippen molar-refractivity contribution in [3.8, 4) is 5.75 Å². The van der Waals surface area contributed by atoms with Crippen LogP contribution < -0.4 is 15.0 Å². The number of hydrogen-bond donors (Lipinski definition) is 2. The highest BCUT2D eigenvalue weighted by Gasteiger charge is 2.62. The highest BCUT2D eigenvalue weighted by molar-refractivity contribution is 5.88. The Morgan fingerprint density at radius 1 is 1.15 bits per heavy atom. The zero-order valence-corrected chi connectivity index (χ0v) is 23.0. The average molecular weight is 544 g/mol. The molecule has 2 amide bonds. The zero-order chi connectivity index (χ0) is 28.2. The molecule has 212 valence electrons. The Hall–Kier alpha value is -3.36. The van der Waals surface area contributed by atoms with E-state index in [-0.39, 0.29) is 0 Å². The van der Waals surface area contributed by atoms with Crippen molar-refractivity contribution in [1.82, 2.24) is 10.2 Å². The lowest BCUT2D eigenvalue weighted by atomic mass is 9.73. The largest absolute Gasteiger partial charge is 0.494 e. The Morgan fingerprint density at radius 2 is 1.87 bits per heavy atom. The Morgan fingerprint density at radius 3 is 2.49 bits per heavy atom. The molecular weight excluding hydrogens is 504 g/mol. The molecule has 2 aliphatic rings. The third-order valence-electron chi connectivity index (χ3n) is 7.91. The van der Waals surface area contributed by atoms with Crippen molar-refractivity contribution in [2.24, 2.45) is 0 Å². The zero-order valence-electron chi connectivity index (χ0n) is 23.0. The highest BCUT2D eigenvalue weighted by Crippen LogP contribution is 2.46. The fourth-order valence-electron chi connectivity index (χ4n) is 5.82. The number of carboxylic acid groups (broad SMARTS) is 1. The molecule has 2 aromatic rings. The number of rotatable bonds is 12. The first-order valence-electron chi connectivity index (χ1n) is 13.9. The third kappa shape index (κ3) is 6.28. The maximum atomic E-state index is 13.8. The molecule has 1 atom stereocenters. The first-order chi connectivity index (χ1) is 18.6. The van der Waals surface area contributed by atoms with Crippen molar-refractivity contribution in [3.63, 3.8) is 0 Å². The molecule has 2 aromatic carbocycles. The molecular formula is C30H39F2N3O4. The van der Waals surface area contributed by atoms with Crippen molar-refractivity contribution in [1.29, 1.82) is 0 Å². The molecule has 1 fully saturated rings. The van der Waals surface area contributed by atoms with Crippen molar-refractivity contribution < 1.29 is 28.2 Å². The van der Waals surface area contributed by atoms with Crippen LogP contribution in [0.15, 0.2) is 42.5 Å². The second-order valence-electron chi connectivity index (χ2n) is 10.6. The number of urea groups is 1. The topological polar surface area (TPSA) is 82.1 Å². The highest BCUT2D eigenvalue weighted by atomic mass is 19.3. The predicted molar refractivity (Wildman–Crippen MR) is 147 cm³/mol. The van der Waals surface area contributed by atoms with Crippen LogP contribution in [0.25, 0.3) is 0 Å². The molecule has 7 nitrogen and oxygen atoms in total. The first kappa shape index (κ1) is 28.6. The van der Waals surface area contributed by atoms with Crippen LogP contribution >= 0.6 is 0 Å². The number of aliphatic carboxylic acids is 1. The molecule has 0 bridgehead atoms. The fraction of sp³-hybridized carbons (Fsp3) is 0.533. The van der Waals surface area contributed by atoms with Crippen LogP contribution in [-0.2, 0) is 17.6 Å². The number of ether oxygens (including phenoxy) is 1. The number of amides is 2. The van der Waals surface area contributed by atoms with Gasteiger partial charge in [0, 0.05) is 44.2 Å². The van der Waals surface area contributed by atoms with Gasteiger partial charge in [0.25, 0.3) is 5.92 Å². The second-order valence-corrected chi connectivity index (χ2v) is 10.6. The number of halogens is 2. The summed E-state index contributed by atoms with van der Waals surface area (Å²) in [5, 5.41) is 12.2. The quantitative estimate of drug-likeness (QED) is 0.330. The lowest BCUT2D eigenvalue weighted by molar-refractivity contribution is -0.175. The molecule has 1 unspecified atom stereocenters. The Labute approximate surface area is 229 Å². The number of aryl methyl sites for hydroxylation is 1. The number of anilines is 1. The Balaban J connectivity index is 1.60. The minimum absolute atomic E-state index is 0.358.